The van der Waals surface area contributed by atoms with Crippen molar-refractivity contribution in [2.24, 2.45) is 0 Å². The third-order valence-corrected chi connectivity index (χ3v) is 7.01. The molecule has 1 atom stereocenters. The number of carbonyl (C=O) groups excluding carboxylic acids is 2. The van der Waals surface area contributed by atoms with Crippen LogP contribution in [-0.2, 0) is 19.0 Å². The largest absolute Gasteiger partial charge is 0.319 e. The van der Waals surface area contributed by atoms with Crippen LogP contribution in [0.3, 0.4) is 0 Å². The van der Waals surface area contributed by atoms with Gasteiger partial charge in [0.15, 0.2) is 0 Å². The van der Waals surface area contributed by atoms with E-state index in [2.05, 4.69) is 16.5 Å². The van der Waals surface area contributed by atoms with E-state index in [1.165, 1.54) is 58.2 Å². The van der Waals surface area contributed by atoms with Crippen LogP contribution in [0.5, 0.6) is 0 Å². The second-order valence-corrected chi connectivity index (χ2v) is 10.3. The summed E-state index contributed by atoms with van der Waals surface area (Å²) < 4.78 is 31.6. The highest BCUT2D eigenvalue weighted by Gasteiger charge is 2.37. The zero-order chi connectivity index (χ0) is 29.3. The second-order valence-electron chi connectivity index (χ2n) is 10.3. The molecule has 5 rings (SSSR count). The maximum Gasteiger partial charge on any atom is 0.298 e. The molecule has 0 spiro atoms. The molecule has 2 heterocycles. The quantitative estimate of drug-likeness (QED) is 0.337. The van der Waals surface area contributed by atoms with Crippen LogP contribution in [0.1, 0.15) is 50.0 Å². The number of rotatable bonds is 7. The minimum absolute atomic E-state index is 0.117. The molecule has 0 saturated heterocycles. The standard InChI is InChI=1S/C31H28F2N6O2/c1-20-18-38-28(27(17-35-38)36-29(40)21-9-10-22(19-37(2)3)23(15-21)16-34)30(41)39(20)26-13-11-25(12-14-26)31(32,33)24-7-5-4-6-8-24/h4-15,17,20H,18-19H2,1-3H3,(H,36,40)/t20-/m0/s1. The van der Waals surface area contributed by atoms with Gasteiger partial charge in [-0.25, -0.2) is 0 Å². The number of hydrogen-bond donors (Lipinski definition) is 1. The van der Waals surface area contributed by atoms with Crippen LogP contribution in [0, 0.1) is 11.3 Å². The van der Waals surface area contributed by atoms with Crippen molar-refractivity contribution >= 4 is 23.2 Å². The van der Waals surface area contributed by atoms with Gasteiger partial charge in [0, 0.05) is 28.9 Å². The lowest BCUT2D eigenvalue weighted by Crippen LogP contribution is -2.47. The number of hydrogen-bond acceptors (Lipinski definition) is 5. The highest BCUT2D eigenvalue weighted by molar-refractivity contribution is 6.13. The number of benzene rings is 3. The molecule has 0 saturated carbocycles. The predicted octanol–water partition coefficient (Wildman–Crippen LogP) is 5.26. The van der Waals surface area contributed by atoms with E-state index in [0.717, 1.165) is 5.56 Å². The normalized spacial score (nSPS) is 15.0. The average Bonchev–Trinajstić information content (AvgIpc) is 3.35. The molecule has 0 radical (unpaired) electrons. The number of nitrogens with zero attached hydrogens (tertiary/aromatic N) is 5. The molecule has 1 aromatic heterocycles. The lowest BCUT2D eigenvalue weighted by Gasteiger charge is -2.34. The van der Waals surface area contributed by atoms with Crippen molar-refractivity contribution in [1.82, 2.24) is 14.7 Å². The van der Waals surface area contributed by atoms with Gasteiger partial charge in [-0.1, -0.05) is 48.5 Å². The summed E-state index contributed by atoms with van der Waals surface area (Å²) in [6, 6.07) is 19.9. The number of nitrogens with one attached hydrogen (secondary N) is 1. The van der Waals surface area contributed by atoms with Gasteiger partial charge in [-0.2, -0.15) is 19.1 Å². The molecule has 4 aromatic rings. The van der Waals surface area contributed by atoms with Crippen molar-refractivity contribution in [3.05, 3.63) is 113 Å². The Labute approximate surface area is 236 Å². The van der Waals surface area contributed by atoms with Gasteiger partial charge in [0.2, 0.25) is 0 Å². The molecular weight excluding hydrogens is 526 g/mol. The number of nitriles is 1. The zero-order valence-electron chi connectivity index (χ0n) is 22.8. The van der Waals surface area contributed by atoms with Gasteiger partial charge in [0.05, 0.1) is 36.1 Å². The van der Waals surface area contributed by atoms with E-state index in [-0.39, 0.29) is 34.1 Å². The number of amides is 2. The molecule has 1 aliphatic heterocycles. The molecule has 1 aliphatic rings. The van der Waals surface area contributed by atoms with E-state index in [9.17, 15) is 14.9 Å². The molecule has 208 valence electrons. The molecule has 0 fully saturated rings. The smallest absolute Gasteiger partial charge is 0.298 e. The summed E-state index contributed by atoms with van der Waals surface area (Å²) in [7, 11) is 3.78. The summed E-state index contributed by atoms with van der Waals surface area (Å²) in [6.07, 6.45) is 1.41. The zero-order valence-corrected chi connectivity index (χ0v) is 22.8. The monoisotopic (exact) mass is 554 g/mol. The Balaban J connectivity index is 1.39. The first-order chi connectivity index (χ1) is 19.6. The average molecular weight is 555 g/mol. The molecule has 10 heteroatoms. The number of anilines is 2. The molecule has 0 aliphatic carbocycles. The van der Waals surface area contributed by atoms with E-state index in [0.29, 0.717) is 24.3 Å². The van der Waals surface area contributed by atoms with Crippen LogP contribution in [0.4, 0.5) is 20.2 Å². The molecule has 2 amide bonds. The van der Waals surface area contributed by atoms with Gasteiger partial charge < -0.3 is 15.1 Å². The number of fused-ring (bicyclic) bond motifs is 1. The minimum Gasteiger partial charge on any atom is -0.319 e. The van der Waals surface area contributed by atoms with Crippen molar-refractivity contribution in [2.45, 2.75) is 32.0 Å². The minimum atomic E-state index is -3.19. The van der Waals surface area contributed by atoms with Gasteiger partial charge in [-0.15, -0.1) is 0 Å². The van der Waals surface area contributed by atoms with E-state index in [1.54, 1.807) is 30.3 Å². The first-order valence-corrected chi connectivity index (χ1v) is 13.0. The molecule has 1 N–H and O–H groups in total. The Bertz CT molecular complexity index is 1640. The maximum absolute atomic E-state index is 15.1. The summed E-state index contributed by atoms with van der Waals surface area (Å²) in [5.74, 6) is -4.10. The third-order valence-electron chi connectivity index (χ3n) is 7.01. The molecule has 3 aromatic carbocycles. The molecule has 0 bridgehead atoms. The number of carbonyl (C=O) groups is 2. The van der Waals surface area contributed by atoms with Crippen molar-refractivity contribution in [1.29, 1.82) is 5.26 Å². The Kier molecular flexibility index (Phi) is 7.39. The summed E-state index contributed by atoms with van der Waals surface area (Å²) in [5, 5.41) is 16.6. The Hall–Kier alpha value is -4.88. The van der Waals surface area contributed by atoms with E-state index >= 15 is 8.78 Å². The topological polar surface area (TPSA) is 94.3 Å². The number of alkyl halides is 2. The fraction of sp³-hybridized carbons (Fsp3) is 0.226. The Morgan fingerprint density at radius 1 is 1.10 bits per heavy atom. The first-order valence-electron chi connectivity index (χ1n) is 13.0. The van der Waals surface area contributed by atoms with Crippen LogP contribution >= 0.6 is 0 Å². The van der Waals surface area contributed by atoms with Gasteiger partial charge >= 0.3 is 0 Å². The van der Waals surface area contributed by atoms with Crippen molar-refractivity contribution in [3.63, 3.8) is 0 Å². The predicted molar refractivity (Wildman–Crippen MR) is 151 cm³/mol. The lowest BCUT2D eigenvalue weighted by atomic mass is 9.99. The summed E-state index contributed by atoms with van der Waals surface area (Å²) >= 11 is 0. The number of halogens is 2. The first kappa shape index (κ1) is 27.7. The fourth-order valence-corrected chi connectivity index (χ4v) is 5.00. The van der Waals surface area contributed by atoms with Crippen LogP contribution in [0.15, 0.2) is 79.0 Å². The molecule has 0 unspecified atom stereocenters. The van der Waals surface area contributed by atoms with E-state index in [1.807, 2.05) is 25.9 Å². The van der Waals surface area contributed by atoms with Crippen molar-refractivity contribution < 1.29 is 18.4 Å². The van der Waals surface area contributed by atoms with Gasteiger partial charge in [0.25, 0.3) is 17.7 Å². The maximum atomic E-state index is 15.1. The van der Waals surface area contributed by atoms with Gasteiger partial charge in [-0.3, -0.25) is 14.3 Å². The SMILES string of the molecule is C[C@H]1Cn2ncc(NC(=O)c3ccc(CN(C)C)c(C#N)c3)c2C(=O)N1c1ccc(C(F)(F)c2ccccc2)cc1. The van der Waals surface area contributed by atoms with Gasteiger partial charge in [-0.05, 0) is 50.8 Å². The third kappa shape index (κ3) is 5.32. The summed E-state index contributed by atoms with van der Waals surface area (Å²) in [5.41, 5.74) is 2.01. The van der Waals surface area contributed by atoms with E-state index < -0.39 is 17.7 Å². The second kappa shape index (κ2) is 10.9. The Morgan fingerprint density at radius 3 is 2.44 bits per heavy atom. The van der Waals surface area contributed by atoms with Crippen LogP contribution < -0.4 is 10.2 Å². The highest BCUT2D eigenvalue weighted by Crippen LogP contribution is 2.37. The van der Waals surface area contributed by atoms with Crippen molar-refractivity contribution in [3.8, 4) is 6.07 Å². The van der Waals surface area contributed by atoms with E-state index in [4.69, 9.17) is 0 Å². The Morgan fingerprint density at radius 2 is 1.78 bits per heavy atom. The van der Waals surface area contributed by atoms with Crippen LogP contribution in [-0.4, -0.2) is 46.6 Å². The highest BCUT2D eigenvalue weighted by atomic mass is 19.3. The van der Waals surface area contributed by atoms with Gasteiger partial charge in [0.1, 0.15) is 5.69 Å². The van der Waals surface area contributed by atoms with Crippen LogP contribution in [0.25, 0.3) is 0 Å². The number of aromatic nitrogens is 2. The fourth-order valence-electron chi connectivity index (χ4n) is 5.00. The van der Waals surface area contributed by atoms with Crippen molar-refractivity contribution in [2.75, 3.05) is 24.3 Å². The molecule has 8 nitrogen and oxygen atoms in total. The summed E-state index contributed by atoms with van der Waals surface area (Å²) in [4.78, 5) is 30.2. The summed E-state index contributed by atoms with van der Waals surface area (Å²) in [6.45, 7) is 2.73. The van der Waals surface area contributed by atoms with Crippen LogP contribution in [0.2, 0.25) is 0 Å². The molecular formula is C31H28F2N6O2. The lowest BCUT2D eigenvalue weighted by molar-refractivity contribution is 0.0428. The molecule has 41 heavy (non-hydrogen) atoms.